The lowest BCUT2D eigenvalue weighted by atomic mass is 10.2. The second-order valence-electron chi connectivity index (χ2n) is 12.6. The van der Waals surface area contributed by atoms with Crippen molar-refractivity contribution in [2.75, 3.05) is 34.2 Å². The van der Waals surface area contributed by atoms with Crippen molar-refractivity contribution in [2.45, 2.75) is 97.1 Å². The molecule has 31 heavy (non-hydrogen) atoms. The predicted octanol–water partition coefficient (Wildman–Crippen LogP) is 5.25. The highest BCUT2D eigenvalue weighted by Gasteiger charge is 2.49. The van der Waals surface area contributed by atoms with Gasteiger partial charge in [0.2, 0.25) is 5.91 Å². The van der Waals surface area contributed by atoms with Gasteiger partial charge in [-0.15, -0.1) is 0 Å². The van der Waals surface area contributed by atoms with Gasteiger partial charge in [0.1, 0.15) is 0 Å². The molecule has 0 unspecified atom stereocenters. The number of carbonyl (C=O) groups is 1. The molecule has 0 aliphatic heterocycles. The fourth-order valence-corrected chi connectivity index (χ4v) is 17.9. The molecule has 0 heterocycles. The van der Waals surface area contributed by atoms with Crippen LogP contribution in [0.15, 0.2) is 0 Å². The number of nitrogens with zero attached hydrogens (tertiary/aromatic N) is 1. The molecule has 6 nitrogen and oxygen atoms in total. The van der Waals surface area contributed by atoms with Crippen molar-refractivity contribution in [1.82, 2.24) is 5.32 Å². The molecule has 0 rings (SSSR count). The summed E-state index contributed by atoms with van der Waals surface area (Å²) in [4.78, 5) is 12.2. The van der Waals surface area contributed by atoms with Crippen molar-refractivity contribution in [1.29, 1.82) is 0 Å². The summed E-state index contributed by atoms with van der Waals surface area (Å²) in [6, 6.07) is 0.773. The predicted molar refractivity (Wildman–Crippen MR) is 143 cm³/mol. The van der Waals surface area contributed by atoms with Gasteiger partial charge in [-0.3, -0.25) is 4.79 Å². The van der Waals surface area contributed by atoms with Crippen LogP contribution < -0.4 is 5.32 Å². The molecule has 186 valence electrons. The molecule has 0 aromatic rings. The van der Waals surface area contributed by atoms with Crippen LogP contribution >= 0.6 is 0 Å². The molecule has 0 atom stereocenters. The molecule has 0 saturated heterocycles. The van der Waals surface area contributed by atoms with E-state index in [2.05, 4.69) is 85.4 Å². The summed E-state index contributed by atoms with van der Waals surface area (Å²) < 4.78 is 21.1. The van der Waals surface area contributed by atoms with Gasteiger partial charge >= 0.3 is 8.80 Å². The Hall–Kier alpha value is 0.178. The van der Waals surface area contributed by atoms with Gasteiger partial charge in [0, 0.05) is 19.0 Å². The van der Waals surface area contributed by atoms with Crippen LogP contribution in [0.5, 0.6) is 0 Å². The highest BCUT2D eigenvalue weighted by molar-refractivity contribution is 6.90. The van der Waals surface area contributed by atoms with Crippen molar-refractivity contribution >= 4 is 39.7 Å². The van der Waals surface area contributed by atoms with Crippen LogP contribution in [0.2, 0.25) is 65.0 Å². The number of amides is 1. The lowest BCUT2D eigenvalue weighted by Crippen LogP contribution is -2.60. The first-order valence-electron chi connectivity index (χ1n) is 11.9. The lowest BCUT2D eigenvalue weighted by molar-refractivity contribution is -0.870. The van der Waals surface area contributed by atoms with Crippen LogP contribution in [0.4, 0.5) is 0 Å². The second-order valence-corrected chi connectivity index (χ2v) is 29.6. The Balaban J connectivity index is 4.76. The summed E-state index contributed by atoms with van der Waals surface area (Å²) in [7, 11) is -1.71. The summed E-state index contributed by atoms with van der Waals surface area (Å²) in [6.07, 6.45) is 4.68. The van der Waals surface area contributed by atoms with Crippen LogP contribution in [0.1, 0.15) is 32.1 Å². The van der Waals surface area contributed by atoms with E-state index in [1.165, 1.54) is 6.42 Å². The summed E-state index contributed by atoms with van der Waals surface area (Å²) in [5.41, 5.74) is 0. The molecular weight excluding hydrogens is 457 g/mol. The summed E-state index contributed by atoms with van der Waals surface area (Å²) in [5, 5.41) is 3.10. The van der Waals surface area contributed by atoms with Crippen molar-refractivity contribution in [3.05, 3.63) is 0 Å². The average Bonchev–Trinajstić information content (AvgIpc) is 2.44. The van der Waals surface area contributed by atoms with Crippen molar-refractivity contribution in [2.24, 2.45) is 0 Å². The summed E-state index contributed by atoms with van der Waals surface area (Å²) in [6.45, 7) is 21.7. The molecule has 0 bridgehead atoms. The van der Waals surface area contributed by atoms with Gasteiger partial charge in [-0.1, -0.05) is 0 Å². The average molecular weight is 510 g/mol. The minimum atomic E-state index is -2.80. The van der Waals surface area contributed by atoms with E-state index in [9.17, 15) is 4.79 Å². The Morgan fingerprint density at radius 3 is 1.55 bits per heavy atom. The van der Waals surface area contributed by atoms with Crippen LogP contribution in [0.25, 0.3) is 0 Å². The van der Waals surface area contributed by atoms with E-state index in [1.807, 2.05) is 0 Å². The fourth-order valence-electron chi connectivity index (χ4n) is 3.28. The minimum Gasteiger partial charge on any atom is -0.417 e. The molecule has 10 heteroatoms. The molecule has 0 spiro atoms. The Bertz CT molecular complexity index is 495. The van der Waals surface area contributed by atoms with Gasteiger partial charge in [0.15, 0.2) is 25.0 Å². The number of rotatable bonds is 16. The maximum absolute atomic E-state index is 12.2. The van der Waals surface area contributed by atoms with E-state index in [0.29, 0.717) is 13.0 Å². The first-order valence-corrected chi connectivity index (χ1v) is 24.1. The van der Waals surface area contributed by atoms with Gasteiger partial charge in [-0.2, -0.15) is 0 Å². The van der Waals surface area contributed by atoms with Crippen LogP contribution in [0.3, 0.4) is 0 Å². The maximum Gasteiger partial charge on any atom is 0.469 e. The Morgan fingerprint density at radius 1 is 0.710 bits per heavy atom. The lowest BCUT2D eigenvalue weighted by Gasteiger charge is -2.43. The third kappa shape index (κ3) is 19.4. The molecule has 0 fully saturated rings. The molecule has 1 N–H and O–H groups in total. The minimum absolute atomic E-state index is 0.154. The Kier molecular flexibility index (Phi) is 12.7. The molecule has 0 aliphatic carbocycles. The molecule has 0 saturated carbocycles. The van der Waals surface area contributed by atoms with Gasteiger partial charge in [-0.05, 0) is 84.6 Å². The Morgan fingerprint density at radius 2 is 1.16 bits per heavy atom. The summed E-state index contributed by atoms with van der Waals surface area (Å²) >= 11 is 0. The van der Waals surface area contributed by atoms with E-state index in [1.54, 1.807) is 0 Å². The van der Waals surface area contributed by atoms with E-state index in [0.717, 1.165) is 36.3 Å². The maximum atomic E-state index is 12.2. The molecule has 1 amide bonds. The third-order valence-electron chi connectivity index (χ3n) is 4.10. The zero-order valence-electron chi connectivity index (χ0n) is 22.7. The van der Waals surface area contributed by atoms with E-state index in [-0.39, 0.29) is 5.91 Å². The van der Waals surface area contributed by atoms with Crippen LogP contribution in [-0.2, 0) is 17.1 Å². The first-order chi connectivity index (χ1) is 13.7. The van der Waals surface area contributed by atoms with E-state index < -0.39 is 33.8 Å². The van der Waals surface area contributed by atoms with Gasteiger partial charge in [0.05, 0.1) is 27.7 Å². The number of nitrogens with one attached hydrogen (secondary N) is 1. The molecule has 0 aromatic heterocycles. The smallest absolute Gasteiger partial charge is 0.417 e. The first kappa shape index (κ1) is 31.2. The SMILES string of the molecule is C[N+](C)(C)CCCCCC(=O)NCCC[Si](O[Si](C)(C)C)(O[Si](C)(C)C)O[Si](C)(C)C. The molecule has 0 aliphatic rings. The Labute approximate surface area is 197 Å². The second kappa shape index (κ2) is 12.6. The van der Waals surface area contributed by atoms with Crippen LogP contribution in [0, 0.1) is 0 Å². The van der Waals surface area contributed by atoms with Gasteiger partial charge < -0.3 is 22.1 Å². The van der Waals surface area contributed by atoms with Gasteiger partial charge in [-0.25, -0.2) is 0 Å². The number of quaternary nitrogens is 1. The van der Waals surface area contributed by atoms with Gasteiger partial charge in [0.25, 0.3) is 0 Å². The highest BCUT2D eigenvalue weighted by Crippen LogP contribution is 2.29. The monoisotopic (exact) mass is 509 g/mol. The van der Waals surface area contributed by atoms with E-state index >= 15 is 0 Å². The zero-order valence-corrected chi connectivity index (χ0v) is 26.7. The number of unbranched alkanes of at least 4 members (excludes halogenated alkanes) is 2. The quantitative estimate of drug-likeness (QED) is 0.175. The topological polar surface area (TPSA) is 56.8 Å². The highest BCUT2D eigenvalue weighted by atomic mass is 28.5. The number of hydrogen-bond donors (Lipinski definition) is 1. The fraction of sp³-hybridized carbons (Fsp3) is 0.952. The van der Waals surface area contributed by atoms with Crippen molar-refractivity contribution < 1.29 is 21.6 Å². The molecule has 0 radical (unpaired) electrons. The normalized spacial score (nSPS) is 14.1. The largest absolute Gasteiger partial charge is 0.469 e. The van der Waals surface area contributed by atoms with Crippen molar-refractivity contribution in [3.63, 3.8) is 0 Å². The third-order valence-corrected chi connectivity index (χ3v) is 16.1. The van der Waals surface area contributed by atoms with Crippen molar-refractivity contribution in [3.8, 4) is 0 Å². The van der Waals surface area contributed by atoms with E-state index in [4.69, 9.17) is 12.3 Å². The number of carbonyl (C=O) groups excluding carboxylic acids is 1. The molecular formula is C21H53N2O4Si4+. The standard InChI is InChI=1S/C21H52N2O4Si4/c1-23(2,3)19-15-13-14-17-21(24)22-18-16-20-31(25-28(4,5)6,26-29(7,8)9)27-30(10,11)12/h13-20H2,1-12H3/p+1. The number of hydrogen-bond acceptors (Lipinski definition) is 4. The molecule has 0 aromatic carbocycles. The zero-order chi connectivity index (χ0) is 24.6. The summed E-state index contributed by atoms with van der Waals surface area (Å²) in [5.74, 6) is 0.154. The van der Waals surface area contributed by atoms with Crippen LogP contribution in [-0.4, -0.2) is 78.4 Å².